The van der Waals surface area contributed by atoms with Crippen LogP contribution >= 0.6 is 0 Å². The number of hydrogen-bond donors (Lipinski definition) is 1. The molecule has 1 aliphatic heterocycles. The Bertz CT molecular complexity index is 657. The maximum Gasteiger partial charge on any atom is 0.410 e. The summed E-state index contributed by atoms with van der Waals surface area (Å²) >= 11 is 0. The molecular formula is C16H22N4O3. The van der Waals surface area contributed by atoms with Gasteiger partial charge in [-0.15, -0.1) is 0 Å². The highest BCUT2D eigenvalue weighted by Gasteiger charge is 2.31. The minimum atomic E-state index is -0.491. The summed E-state index contributed by atoms with van der Waals surface area (Å²) in [5.74, 6) is 1.16. The molecule has 0 saturated carbocycles. The Balaban J connectivity index is 1.68. The molecule has 23 heavy (non-hydrogen) atoms. The third kappa shape index (κ3) is 3.72. The lowest BCUT2D eigenvalue weighted by Crippen LogP contribution is -2.42. The van der Waals surface area contributed by atoms with E-state index in [9.17, 15) is 4.79 Å². The van der Waals surface area contributed by atoms with Crippen LogP contribution in [0, 0.1) is 0 Å². The highest BCUT2D eigenvalue weighted by molar-refractivity contribution is 5.68. The van der Waals surface area contributed by atoms with Crippen molar-refractivity contribution in [1.82, 2.24) is 20.0 Å². The number of piperidine rings is 1. The Morgan fingerprint density at radius 3 is 3.00 bits per heavy atom. The standard InChI is InChI=1S/C16H22N4O3/c1-16(2,3)22-15(21)20-9-5-6-11(10-20)14-18-13(19-23-14)12-7-4-8-17-12/h4,7-8,11,17H,5-6,9-10H2,1-3H3/t11-/m0/s1. The molecular weight excluding hydrogens is 296 g/mol. The van der Waals surface area contributed by atoms with Gasteiger partial charge in [0.25, 0.3) is 0 Å². The molecule has 0 spiro atoms. The number of carbonyl (C=O) groups excluding carboxylic acids is 1. The minimum Gasteiger partial charge on any atom is -0.444 e. The summed E-state index contributed by atoms with van der Waals surface area (Å²) in [5, 5.41) is 4.01. The Labute approximate surface area is 135 Å². The Morgan fingerprint density at radius 2 is 2.30 bits per heavy atom. The molecule has 7 nitrogen and oxygen atoms in total. The monoisotopic (exact) mass is 318 g/mol. The molecule has 1 fully saturated rings. The Kier molecular flexibility index (Phi) is 4.11. The van der Waals surface area contributed by atoms with Crippen LogP contribution in [0.4, 0.5) is 4.79 Å². The predicted molar refractivity (Wildman–Crippen MR) is 83.9 cm³/mol. The number of hydrogen-bond acceptors (Lipinski definition) is 5. The Morgan fingerprint density at radius 1 is 1.48 bits per heavy atom. The molecule has 124 valence electrons. The zero-order valence-electron chi connectivity index (χ0n) is 13.7. The summed E-state index contributed by atoms with van der Waals surface area (Å²) in [5.41, 5.74) is 0.328. The number of ether oxygens (including phenoxy) is 1. The van der Waals surface area contributed by atoms with Gasteiger partial charge in [0.2, 0.25) is 11.7 Å². The lowest BCUT2D eigenvalue weighted by atomic mass is 9.98. The molecule has 0 bridgehead atoms. The van der Waals surface area contributed by atoms with Gasteiger partial charge in [0.1, 0.15) is 5.60 Å². The quantitative estimate of drug-likeness (QED) is 0.919. The van der Waals surface area contributed by atoms with Crippen LogP contribution in [0.25, 0.3) is 11.5 Å². The molecule has 0 radical (unpaired) electrons. The van der Waals surface area contributed by atoms with Crippen LogP contribution in [-0.4, -0.2) is 44.8 Å². The van der Waals surface area contributed by atoms with Gasteiger partial charge in [-0.05, 0) is 45.7 Å². The summed E-state index contributed by atoms with van der Waals surface area (Å²) < 4.78 is 10.8. The second kappa shape index (κ2) is 6.06. The Hall–Kier alpha value is -2.31. The van der Waals surface area contributed by atoms with Gasteiger partial charge in [-0.2, -0.15) is 4.98 Å². The van der Waals surface area contributed by atoms with Crippen molar-refractivity contribution in [3.8, 4) is 11.5 Å². The van der Waals surface area contributed by atoms with Gasteiger partial charge < -0.3 is 19.1 Å². The normalized spacial score (nSPS) is 18.9. The largest absolute Gasteiger partial charge is 0.444 e. The van der Waals surface area contributed by atoms with E-state index in [-0.39, 0.29) is 12.0 Å². The minimum absolute atomic E-state index is 0.0486. The van der Waals surface area contributed by atoms with Gasteiger partial charge >= 0.3 is 6.09 Å². The summed E-state index contributed by atoms with van der Waals surface area (Å²) in [7, 11) is 0. The van der Waals surface area contributed by atoms with Crippen LogP contribution < -0.4 is 0 Å². The molecule has 1 N–H and O–H groups in total. The molecule has 1 saturated heterocycles. The van der Waals surface area contributed by atoms with Crippen molar-refractivity contribution in [2.75, 3.05) is 13.1 Å². The number of H-pyrrole nitrogens is 1. The zero-order valence-corrected chi connectivity index (χ0v) is 13.7. The van der Waals surface area contributed by atoms with E-state index in [0.717, 1.165) is 18.5 Å². The van der Waals surface area contributed by atoms with E-state index < -0.39 is 5.60 Å². The number of carbonyl (C=O) groups is 1. The van der Waals surface area contributed by atoms with E-state index >= 15 is 0 Å². The molecule has 3 heterocycles. The number of aromatic nitrogens is 3. The van der Waals surface area contributed by atoms with Gasteiger partial charge in [0, 0.05) is 19.3 Å². The van der Waals surface area contributed by atoms with Crippen LogP contribution in [0.2, 0.25) is 0 Å². The molecule has 2 aromatic heterocycles. The van der Waals surface area contributed by atoms with Crippen molar-refractivity contribution < 1.29 is 14.1 Å². The first-order valence-electron chi connectivity index (χ1n) is 7.88. The summed E-state index contributed by atoms with van der Waals surface area (Å²) in [4.78, 5) is 21.4. The van der Waals surface area contributed by atoms with E-state index in [1.807, 2.05) is 39.1 Å². The fourth-order valence-electron chi connectivity index (χ4n) is 2.65. The first-order chi connectivity index (χ1) is 10.9. The van der Waals surface area contributed by atoms with Gasteiger partial charge in [-0.25, -0.2) is 4.79 Å². The summed E-state index contributed by atoms with van der Waals surface area (Å²) in [6.07, 6.45) is 3.35. The van der Waals surface area contributed by atoms with Gasteiger partial charge in [-0.1, -0.05) is 5.16 Å². The SMILES string of the molecule is CC(C)(C)OC(=O)N1CCC[C@H](c2nc(-c3ccc[nH]3)no2)C1. The van der Waals surface area contributed by atoms with Crippen molar-refractivity contribution in [3.63, 3.8) is 0 Å². The van der Waals surface area contributed by atoms with Crippen molar-refractivity contribution >= 4 is 6.09 Å². The molecule has 1 aliphatic rings. The number of nitrogens with zero attached hydrogens (tertiary/aromatic N) is 3. The van der Waals surface area contributed by atoms with Gasteiger partial charge in [0.05, 0.1) is 11.6 Å². The van der Waals surface area contributed by atoms with Gasteiger partial charge in [-0.3, -0.25) is 0 Å². The second-order valence-electron chi connectivity index (χ2n) is 6.81. The molecule has 1 amide bonds. The molecule has 0 aliphatic carbocycles. The van der Waals surface area contributed by atoms with Crippen LogP contribution in [0.3, 0.4) is 0 Å². The number of nitrogens with one attached hydrogen (secondary N) is 1. The van der Waals surface area contributed by atoms with E-state index in [4.69, 9.17) is 9.26 Å². The fourth-order valence-corrected chi connectivity index (χ4v) is 2.65. The number of likely N-dealkylation sites (tertiary alicyclic amines) is 1. The smallest absolute Gasteiger partial charge is 0.410 e. The maximum absolute atomic E-state index is 12.2. The van der Waals surface area contributed by atoms with Crippen molar-refractivity contribution in [1.29, 1.82) is 0 Å². The first kappa shape index (κ1) is 15.6. The third-order valence-electron chi connectivity index (χ3n) is 3.70. The van der Waals surface area contributed by atoms with Crippen molar-refractivity contribution in [2.45, 2.75) is 45.1 Å². The lowest BCUT2D eigenvalue weighted by molar-refractivity contribution is 0.0189. The summed E-state index contributed by atoms with van der Waals surface area (Å²) in [6.45, 7) is 6.84. The van der Waals surface area contributed by atoms with Crippen molar-refractivity contribution in [3.05, 3.63) is 24.2 Å². The third-order valence-corrected chi connectivity index (χ3v) is 3.70. The molecule has 7 heteroatoms. The zero-order chi connectivity index (χ0) is 16.4. The fraction of sp³-hybridized carbons (Fsp3) is 0.562. The van der Waals surface area contributed by atoms with E-state index in [1.165, 1.54) is 0 Å². The average Bonchev–Trinajstić information content (AvgIpc) is 3.17. The first-order valence-corrected chi connectivity index (χ1v) is 7.88. The van der Waals surface area contributed by atoms with Crippen LogP contribution in [-0.2, 0) is 4.74 Å². The van der Waals surface area contributed by atoms with E-state index in [1.54, 1.807) is 4.90 Å². The summed E-state index contributed by atoms with van der Waals surface area (Å²) in [6, 6.07) is 3.78. The van der Waals surface area contributed by atoms with E-state index in [0.29, 0.717) is 24.8 Å². The molecule has 0 aromatic carbocycles. The number of aromatic amines is 1. The van der Waals surface area contributed by atoms with Crippen LogP contribution in [0.15, 0.2) is 22.9 Å². The van der Waals surface area contributed by atoms with Crippen molar-refractivity contribution in [2.24, 2.45) is 0 Å². The molecule has 3 rings (SSSR count). The lowest BCUT2D eigenvalue weighted by Gasteiger charge is -2.32. The topological polar surface area (TPSA) is 84.2 Å². The maximum atomic E-state index is 12.2. The average molecular weight is 318 g/mol. The molecule has 2 aromatic rings. The highest BCUT2D eigenvalue weighted by atomic mass is 16.6. The predicted octanol–water partition coefficient (Wildman–Crippen LogP) is 3.18. The van der Waals surface area contributed by atoms with E-state index in [2.05, 4.69) is 15.1 Å². The second-order valence-corrected chi connectivity index (χ2v) is 6.81. The molecule has 0 unspecified atom stereocenters. The van der Waals surface area contributed by atoms with Gasteiger partial charge in [0.15, 0.2) is 0 Å². The van der Waals surface area contributed by atoms with Crippen LogP contribution in [0.1, 0.15) is 45.4 Å². The van der Waals surface area contributed by atoms with Crippen LogP contribution in [0.5, 0.6) is 0 Å². The number of rotatable bonds is 2. The number of amides is 1. The molecule has 1 atom stereocenters. The highest BCUT2D eigenvalue weighted by Crippen LogP contribution is 2.28.